The fraction of sp³-hybridized carbons (Fsp3) is 0.812. The van der Waals surface area contributed by atoms with Crippen LogP contribution >= 0.6 is 0 Å². The minimum absolute atomic E-state index is 0.0821. The molecule has 18 heavy (non-hydrogen) atoms. The van der Waals surface area contributed by atoms with Crippen LogP contribution in [0.15, 0.2) is 11.3 Å². The molecule has 2 heteroatoms. The van der Waals surface area contributed by atoms with Crippen molar-refractivity contribution in [3.8, 4) is 0 Å². The maximum atomic E-state index is 12.3. The number of carbonyl (C=O) groups is 1. The molecule has 3 atom stereocenters. The average Bonchev–Trinajstić information content (AvgIpc) is 2.27. The van der Waals surface area contributed by atoms with Gasteiger partial charge in [-0.05, 0) is 44.9 Å². The normalized spacial score (nSPS) is 38.8. The first-order valence-electron chi connectivity index (χ1n) is 7.44. The molecule has 1 heterocycles. The molecular weight excluding hydrogens is 224 g/mol. The minimum atomic E-state index is -0.0821. The third-order valence-electron chi connectivity index (χ3n) is 5.17. The summed E-state index contributed by atoms with van der Waals surface area (Å²) in [5.41, 5.74) is 0.999. The second-order valence-electron chi connectivity index (χ2n) is 6.95. The van der Waals surface area contributed by atoms with E-state index in [1.807, 2.05) is 0 Å². The first kappa shape index (κ1) is 12.3. The second-order valence-corrected chi connectivity index (χ2v) is 6.95. The van der Waals surface area contributed by atoms with Crippen LogP contribution in [0.5, 0.6) is 0 Å². The summed E-state index contributed by atoms with van der Waals surface area (Å²) in [7, 11) is 0. The molecular formula is C16H24O2. The van der Waals surface area contributed by atoms with Gasteiger partial charge in [0.15, 0.2) is 5.78 Å². The van der Waals surface area contributed by atoms with Crippen LogP contribution in [0.1, 0.15) is 59.3 Å². The monoisotopic (exact) mass is 248 g/mol. The molecule has 100 valence electrons. The van der Waals surface area contributed by atoms with Crippen molar-refractivity contribution < 1.29 is 9.53 Å². The SMILES string of the molecule is CC1CCC2C(C1)C1=C(CCCC1=O)OC2(C)C. The number of fused-ring (bicyclic) bond motifs is 2. The molecule has 0 N–H and O–H groups in total. The zero-order valence-electron chi connectivity index (χ0n) is 11.8. The standard InChI is InChI=1S/C16H24O2/c1-10-7-8-12-11(9-10)15-13(17)5-4-6-14(15)18-16(12,2)3/h10-12H,4-9H2,1-3H3. The van der Waals surface area contributed by atoms with Crippen molar-refractivity contribution in [2.75, 3.05) is 0 Å². The Morgan fingerprint density at radius 2 is 2.00 bits per heavy atom. The highest BCUT2D eigenvalue weighted by atomic mass is 16.5. The number of allylic oxidation sites excluding steroid dienone is 2. The molecule has 1 aliphatic heterocycles. The van der Waals surface area contributed by atoms with Gasteiger partial charge in [0.1, 0.15) is 11.4 Å². The van der Waals surface area contributed by atoms with Gasteiger partial charge in [-0.15, -0.1) is 0 Å². The van der Waals surface area contributed by atoms with Crippen molar-refractivity contribution in [3.63, 3.8) is 0 Å². The second kappa shape index (κ2) is 4.11. The minimum Gasteiger partial charge on any atom is -0.491 e. The average molecular weight is 248 g/mol. The number of carbonyl (C=O) groups excluding carboxylic acids is 1. The van der Waals surface area contributed by atoms with E-state index in [4.69, 9.17) is 4.74 Å². The smallest absolute Gasteiger partial charge is 0.162 e. The highest BCUT2D eigenvalue weighted by Gasteiger charge is 2.48. The third-order valence-corrected chi connectivity index (χ3v) is 5.17. The number of ether oxygens (including phenoxy) is 1. The van der Waals surface area contributed by atoms with Crippen LogP contribution in [0.3, 0.4) is 0 Å². The van der Waals surface area contributed by atoms with Crippen molar-refractivity contribution in [1.82, 2.24) is 0 Å². The van der Waals surface area contributed by atoms with Crippen LogP contribution in [0.4, 0.5) is 0 Å². The van der Waals surface area contributed by atoms with E-state index in [0.29, 0.717) is 17.6 Å². The molecule has 3 rings (SSSR count). The van der Waals surface area contributed by atoms with Gasteiger partial charge < -0.3 is 4.74 Å². The fourth-order valence-electron chi connectivity index (χ4n) is 4.28. The summed E-state index contributed by atoms with van der Waals surface area (Å²) in [6.07, 6.45) is 6.36. The highest BCUT2D eigenvalue weighted by Crippen LogP contribution is 2.51. The molecule has 0 saturated heterocycles. The molecule has 1 saturated carbocycles. The maximum Gasteiger partial charge on any atom is 0.162 e. The van der Waals surface area contributed by atoms with E-state index < -0.39 is 0 Å². The topological polar surface area (TPSA) is 26.3 Å². The lowest BCUT2D eigenvalue weighted by atomic mass is 9.62. The lowest BCUT2D eigenvalue weighted by molar-refractivity contribution is -0.123. The highest BCUT2D eigenvalue weighted by molar-refractivity contribution is 5.97. The van der Waals surface area contributed by atoms with Crippen molar-refractivity contribution >= 4 is 5.78 Å². The maximum absolute atomic E-state index is 12.3. The lowest BCUT2D eigenvalue weighted by Crippen LogP contribution is -2.48. The van der Waals surface area contributed by atoms with E-state index in [0.717, 1.165) is 36.5 Å². The van der Waals surface area contributed by atoms with Gasteiger partial charge in [0.2, 0.25) is 0 Å². The molecule has 0 bridgehead atoms. The van der Waals surface area contributed by atoms with Crippen molar-refractivity contribution in [1.29, 1.82) is 0 Å². The molecule has 0 amide bonds. The molecule has 0 spiro atoms. The van der Waals surface area contributed by atoms with Crippen molar-refractivity contribution in [2.24, 2.45) is 17.8 Å². The Balaban J connectivity index is 2.02. The Bertz CT molecular complexity index is 405. The van der Waals surface area contributed by atoms with E-state index >= 15 is 0 Å². The molecule has 2 aliphatic carbocycles. The van der Waals surface area contributed by atoms with E-state index in [-0.39, 0.29) is 5.60 Å². The molecule has 3 aliphatic rings. The summed E-state index contributed by atoms with van der Waals surface area (Å²) in [5.74, 6) is 3.17. The Morgan fingerprint density at radius 3 is 2.78 bits per heavy atom. The molecule has 3 unspecified atom stereocenters. The van der Waals surface area contributed by atoms with Crippen LogP contribution in [0, 0.1) is 17.8 Å². The number of hydrogen-bond donors (Lipinski definition) is 0. The van der Waals surface area contributed by atoms with Crippen LogP contribution in [0.25, 0.3) is 0 Å². The molecule has 0 aromatic carbocycles. The van der Waals surface area contributed by atoms with Gasteiger partial charge in [-0.3, -0.25) is 4.79 Å². The van der Waals surface area contributed by atoms with E-state index in [1.54, 1.807) is 0 Å². The predicted octanol–water partition coefficient (Wildman–Crippen LogP) is 3.85. The molecule has 0 aromatic rings. The van der Waals surface area contributed by atoms with Gasteiger partial charge in [-0.2, -0.15) is 0 Å². The van der Waals surface area contributed by atoms with Crippen molar-refractivity contribution in [3.05, 3.63) is 11.3 Å². The van der Waals surface area contributed by atoms with Crippen molar-refractivity contribution in [2.45, 2.75) is 64.9 Å². The van der Waals surface area contributed by atoms with Gasteiger partial charge in [0.05, 0.1) is 0 Å². The summed E-state index contributed by atoms with van der Waals surface area (Å²) in [6.45, 7) is 6.75. The summed E-state index contributed by atoms with van der Waals surface area (Å²) in [4.78, 5) is 12.3. The largest absolute Gasteiger partial charge is 0.491 e. The Morgan fingerprint density at radius 1 is 1.22 bits per heavy atom. The Labute approximate surface area is 110 Å². The van der Waals surface area contributed by atoms with Gasteiger partial charge in [0, 0.05) is 24.3 Å². The van der Waals surface area contributed by atoms with E-state index in [1.165, 1.54) is 19.3 Å². The third kappa shape index (κ3) is 1.81. The van der Waals surface area contributed by atoms with Crippen LogP contribution in [-0.2, 0) is 9.53 Å². The summed E-state index contributed by atoms with van der Waals surface area (Å²) < 4.78 is 6.21. The Kier molecular flexibility index (Phi) is 2.80. The molecule has 1 fully saturated rings. The first-order chi connectivity index (χ1) is 8.49. The number of Topliss-reactive ketones (excluding diaryl/α,β-unsaturated/α-hetero) is 1. The summed E-state index contributed by atoms with van der Waals surface area (Å²) >= 11 is 0. The van der Waals surface area contributed by atoms with Gasteiger partial charge in [-0.1, -0.05) is 13.3 Å². The molecule has 0 aromatic heterocycles. The van der Waals surface area contributed by atoms with Crippen LogP contribution in [-0.4, -0.2) is 11.4 Å². The zero-order chi connectivity index (χ0) is 12.9. The lowest BCUT2D eigenvalue weighted by Gasteiger charge is -2.50. The molecule has 2 nitrogen and oxygen atoms in total. The predicted molar refractivity (Wildman–Crippen MR) is 71.0 cm³/mol. The van der Waals surface area contributed by atoms with Gasteiger partial charge in [0.25, 0.3) is 0 Å². The van der Waals surface area contributed by atoms with E-state index in [2.05, 4.69) is 20.8 Å². The number of ketones is 1. The fourth-order valence-corrected chi connectivity index (χ4v) is 4.28. The number of hydrogen-bond acceptors (Lipinski definition) is 2. The zero-order valence-corrected chi connectivity index (χ0v) is 11.8. The van der Waals surface area contributed by atoms with Crippen LogP contribution in [0.2, 0.25) is 0 Å². The summed E-state index contributed by atoms with van der Waals surface area (Å²) in [6, 6.07) is 0. The van der Waals surface area contributed by atoms with Gasteiger partial charge in [-0.25, -0.2) is 0 Å². The van der Waals surface area contributed by atoms with Crippen LogP contribution < -0.4 is 0 Å². The quantitative estimate of drug-likeness (QED) is 0.651. The van der Waals surface area contributed by atoms with Gasteiger partial charge >= 0.3 is 0 Å². The first-order valence-corrected chi connectivity index (χ1v) is 7.44. The van der Waals surface area contributed by atoms with E-state index in [9.17, 15) is 4.79 Å². The molecule has 0 radical (unpaired) electrons. The Hall–Kier alpha value is -0.790. The summed E-state index contributed by atoms with van der Waals surface area (Å²) in [5, 5.41) is 0. The number of rotatable bonds is 0.